The highest BCUT2D eigenvalue weighted by Gasteiger charge is 2.12. The van der Waals surface area contributed by atoms with Gasteiger partial charge in [0, 0.05) is 24.2 Å². The van der Waals surface area contributed by atoms with Crippen LogP contribution < -0.4 is 0 Å². The van der Waals surface area contributed by atoms with Crippen molar-refractivity contribution >= 4 is 5.69 Å². The lowest BCUT2D eigenvalue weighted by Crippen LogP contribution is -1.98. The maximum Gasteiger partial charge on any atom is 0.277 e. The molecule has 2 heterocycles. The number of rotatable bonds is 2. The van der Waals surface area contributed by atoms with Crippen LogP contribution in [0.1, 0.15) is 5.56 Å². The van der Waals surface area contributed by atoms with Gasteiger partial charge in [0.15, 0.2) is 0 Å². The summed E-state index contributed by atoms with van der Waals surface area (Å²) >= 11 is 0. The molecule has 0 aliphatic rings. The van der Waals surface area contributed by atoms with Crippen LogP contribution in [0.15, 0.2) is 31.0 Å². The first kappa shape index (κ1) is 9.32. The number of aromatic nitrogens is 3. The van der Waals surface area contributed by atoms with Crippen LogP contribution in [0.25, 0.3) is 5.82 Å². The number of aryl methyl sites for hydroxylation is 1. The van der Waals surface area contributed by atoms with E-state index < -0.39 is 4.92 Å². The van der Waals surface area contributed by atoms with E-state index in [0.29, 0.717) is 11.4 Å². The molecule has 0 unspecified atom stereocenters. The highest BCUT2D eigenvalue weighted by Crippen LogP contribution is 2.18. The van der Waals surface area contributed by atoms with Crippen LogP contribution in [0.5, 0.6) is 0 Å². The molecule has 0 aromatic carbocycles. The van der Waals surface area contributed by atoms with E-state index in [1.807, 2.05) is 0 Å². The summed E-state index contributed by atoms with van der Waals surface area (Å²) in [7, 11) is 0. The largest absolute Gasteiger partial charge is 0.290 e. The molecule has 0 aliphatic carbocycles. The van der Waals surface area contributed by atoms with Crippen molar-refractivity contribution < 1.29 is 4.92 Å². The van der Waals surface area contributed by atoms with Crippen molar-refractivity contribution in [2.24, 2.45) is 0 Å². The Morgan fingerprint density at radius 2 is 2.33 bits per heavy atom. The topological polar surface area (TPSA) is 73.8 Å². The summed E-state index contributed by atoms with van der Waals surface area (Å²) in [5.41, 5.74) is 0.609. The monoisotopic (exact) mass is 204 g/mol. The molecule has 2 rings (SSSR count). The molecule has 15 heavy (non-hydrogen) atoms. The Kier molecular flexibility index (Phi) is 2.17. The quantitative estimate of drug-likeness (QED) is 0.548. The molecule has 76 valence electrons. The van der Waals surface area contributed by atoms with E-state index in [9.17, 15) is 10.1 Å². The van der Waals surface area contributed by atoms with E-state index in [4.69, 9.17) is 0 Å². The van der Waals surface area contributed by atoms with Crippen molar-refractivity contribution in [3.05, 3.63) is 46.7 Å². The smallest absolute Gasteiger partial charge is 0.277 e. The normalized spacial score (nSPS) is 10.2. The molecule has 0 amide bonds. The second kappa shape index (κ2) is 3.49. The lowest BCUT2D eigenvalue weighted by molar-refractivity contribution is -0.385. The summed E-state index contributed by atoms with van der Waals surface area (Å²) in [5.74, 6) is 0.491. The molecular weight excluding hydrogens is 196 g/mol. The third kappa shape index (κ3) is 1.69. The fraction of sp³-hybridized carbons (Fsp3) is 0.111. The van der Waals surface area contributed by atoms with Crippen molar-refractivity contribution in [2.75, 3.05) is 0 Å². The minimum absolute atomic E-state index is 0.0636. The molecule has 0 aliphatic heterocycles. The van der Waals surface area contributed by atoms with Crippen LogP contribution >= 0.6 is 0 Å². The third-order valence-corrected chi connectivity index (χ3v) is 2.03. The first-order valence-electron chi connectivity index (χ1n) is 4.28. The van der Waals surface area contributed by atoms with Gasteiger partial charge in [-0.15, -0.1) is 0 Å². The Morgan fingerprint density at radius 3 is 2.93 bits per heavy atom. The zero-order valence-electron chi connectivity index (χ0n) is 7.99. The van der Waals surface area contributed by atoms with Crippen molar-refractivity contribution in [3.8, 4) is 5.82 Å². The van der Waals surface area contributed by atoms with Crippen LogP contribution in [0.3, 0.4) is 0 Å². The van der Waals surface area contributed by atoms with Gasteiger partial charge in [-0.05, 0) is 6.92 Å². The van der Waals surface area contributed by atoms with Gasteiger partial charge in [-0.2, -0.15) is 0 Å². The zero-order chi connectivity index (χ0) is 10.8. The molecule has 0 spiro atoms. The lowest BCUT2D eigenvalue weighted by atomic mass is 10.2. The van der Waals surface area contributed by atoms with Gasteiger partial charge in [0.05, 0.1) is 11.0 Å². The Balaban J connectivity index is 2.52. The Labute approximate surface area is 85.4 Å². The van der Waals surface area contributed by atoms with Crippen molar-refractivity contribution in [1.29, 1.82) is 0 Å². The van der Waals surface area contributed by atoms with Gasteiger partial charge in [0.1, 0.15) is 12.1 Å². The Bertz CT molecular complexity index is 493. The number of imidazole rings is 1. The molecular formula is C9H8N4O2. The second-order valence-corrected chi connectivity index (χ2v) is 3.06. The standard InChI is InChI=1S/C9H8N4O2/c1-7-5-11-9(4-8(7)13(14)15)12-3-2-10-6-12/h2-6H,1H3. The molecule has 6 heteroatoms. The van der Waals surface area contributed by atoms with Crippen LogP contribution in [0.2, 0.25) is 0 Å². The van der Waals surface area contributed by atoms with Gasteiger partial charge in [-0.3, -0.25) is 14.7 Å². The van der Waals surface area contributed by atoms with Crippen molar-refractivity contribution in [2.45, 2.75) is 6.92 Å². The predicted molar refractivity (Wildman–Crippen MR) is 52.8 cm³/mol. The molecule has 0 saturated carbocycles. The number of nitro groups is 1. The fourth-order valence-electron chi connectivity index (χ4n) is 1.24. The van der Waals surface area contributed by atoms with Crippen molar-refractivity contribution in [1.82, 2.24) is 14.5 Å². The fourth-order valence-corrected chi connectivity index (χ4v) is 1.24. The Morgan fingerprint density at radius 1 is 1.53 bits per heavy atom. The zero-order valence-corrected chi connectivity index (χ0v) is 7.99. The van der Waals surface area contributed by atoms with Crippen molar-refractivity contribution in [3.63, 3.8) is 0 Å². The molecule has 0 radical (unpaired) electrons. The molecule has 0 atom stereocenters. The van der Waals surface area contributed by atoms with Gasteiger partial charge in [-0.1, -0.05) is 0 Å². The first-order valence-corrected chi connectivity index (χ1v) is 4.28. The molecule has 6 nitrogen and oxygen atoms in total. The van der Waals surface area contributed by atoms with Gasteiger partial charge in [-0.25, -0.2) is 9.97 Å². The maximum atomic E-state index is 10.7. The van der Waals surface area contributed by atoms with E-state index in [0.717, 1.165) is 0 Å². The first-order chi connectivity index (χ1) is 7.18. The van der Waals surface area contributed by atoms with Gasteiger partial charge in [0.2, 0.25) is 0 Å². The van der Waals surface area contributed by atoms with Crippen LogP contribution in [0.4, 0.5) is 5.69 Å². The SMILES string of the molecule is Cc1cnc(-n2ccnc2)cc1[N+](=O)[O-]. The molecule has 0 saturated heterocycles. The van der Waals surface area contributed by atoms with E-state index in [1.54, 1.807) is 30.2 Å². The minimum Gasteiger partial charge on any atom is -0.290 e. The third-order valence-electron chi connectivity index (χ3n) is 2.03. The predicted octanol–water partition coefficient (Wildman–Crippen LogP) is 1.48. The summed E-state index contributed by atoms with van der Waals surface area (Å²) < 4.78 is 1.62. The minimum atomic E-state index is -0.419. The average molecular weight is 204 g/mol. The van der Waals surface area contributed by atoms with E-state index in [2.05, 4.69) is 9.97 Å². The summed E-state index contributed by atoms with van der Waals surface area (Å²) in [4.78, 5) is 18.2. The van der Waals surface area contributed by atoms with E-state index in [1.165, 1.54) is 12.3 Å². The van der Waals surface area contributed by atoms with Gasteiger partial charge >= 0.3 is 0 Å². The molecule has 0 N–H and O–H groups in total. The van der Waals surface area contributed by atoms with Crippen LogP contribution in [-0.4, -0.2) is 19.5 Å². The van der Waals surface area contributed by atoms with Crippen LogP contribution in [-0.2, 0) is 0 Å². The summed E-state index contributed by atoms with van der Waals surface area (Å²) in [5, 5.41) is 10.7. The maximum absolute atomic E-state index is 10.7. The lowest BCUT2D eigenvalue weighted by Gasteiger charge is -2.01. The molecule has 2 aromatic rings. The van der Waals surface area contributed by atoms with Gasteiger partial charge < -0.3 is 0 Å². The average Bonchev–Trinajstić information content (AvgIpc) is 2.71. The van der Waals surface area contributed by atoms with E-state index >= 15 is 0 Å². The second-order valence-electron chi connectivity index (χ2n) is 3.06. The molecule has 2 aromatic heterocycles. The summed E-state index contributed by atoms with van der Waals surface area (Å²) in [6.45, 7) is 1.66. The van der Waals surface area contributed by atoms with Crippen LogP contribution in [0, 0.1) is 17.0 Å². The number of nitrogens with zero attached hydrogens (tertiary/aromatic N) is 4. The number of pyridine rings is 1. The Hall–Kier alpha value is -2.24. The van der Waals surface area contributed by atoms with E-state index in [-0.39, 0.29) is 5.69 Å². The molecule has 0 bridgehead atoms. The molecule has 0 fully saturated rings. The summed E-state index contributed by atoms with van der Waals surface area (Å²) in [6.07, 6.45) is 6.30. The number of hydrogen-bond acceptors (Lipinski definition) is 4. The van der Waals surface area contributed by atoms with Gasteiger partial charge in [0.25, 0.3) is 5.69 Å². The summed E-state index contributed by atoms with van der Waals surface area (Å²) in [6, 6.07) is 1.43. The highest BCUT2D eigenvalue weighted by atomic mass is 16.6. The highest BCUT2D eigenvalue weighted by molar-refractivity contribution is 5.43. The number of hydrogen-bond donors (Lipinski definition) is 0.